The molecule has 9 heteroatoms. The number of sulfonamides is 1. The van der Waals surface area contributed by atoms with E-state index in [0.29, 0.717) is 37.6 Å². The highest BCUT2D eigenvalue weighted by atomic mass is 32.2. The number of hydrogen-bond acceptors (Lipinski definition) is 5. The molecule has 0 saturated carbocycles. The summed E-state index contributed by atoms with van der Waals surface area (Å²) in [4.78, 5) is 6.77. The van der Waals surface area contributed by atoms with Crippen molar-refractivity contribution >= 4 is 27.7 Å². The van der Waals surface area contributed by atoms with Gasteiger partial charge in [0.15, 0.2) is 5.96 Å². The number of thioether (sulfide) groups is 1. The molecular formula is C17H35N5O2S2. The smallest absolute Gasteiger partial charge is 0.215 e. The number of aliphatic imine (C=N–C) groups is 1. The first kappa shape index (κ1) is 21.8. The van der Waals surface area contributed by atoms with Gasteiger partial charge >= 0.3 is 0 Å². The van der Waals surface area contributed by atoms with E-state index in [9.17, 15) is 8.42 Å². The molecule has 0 unspecified atom stereocenters. The summed E-state index contributed by atoms with van der Waals surface area (Å²) < 4.78 is 26.4. The standard InChI is InChI=1S/C17H35N5O2S2/c1-15(2)14-21-7-4-16(5-8-21)20-17(18-3)19-6-13-26(23,24)22-9-11-25-12-10-22/h15-16H,4-14H2,1-3H3,(H2,18,19,20). The molecule has 2 N–H and O–H groups in total. The van der Waals surface area contributed by atoms with Crippen LogP contribution in [0.5, 0.6) is 0 Å². The Balaban J connectivity index is 1.69. The molecule has 2 aliphatic rings. The van der Waals surface area contributed by atoms with E-state index < -0.39 is 10.0 Å². The number of nitrogens with zero attached hydrogens (tertiary/aromatic N) is 3. The maximum absolute atomic E-state index is 12.4. The largest absolute Gasteiger partial charge is 0.355 e. The van der Waals surface area contributed by atoms with E-state index in [1.54, 1.807) is 11.4 Å². The quantitative estimate of drug-likeness (QED) is 0.478. The van der Waals surface area contributed by atoms with Gasteiger partial charge in [0.2, 0.25) is 10.0 Å². The Morgan fingerprint density at radius 2 is 1.85 bits per heavy atom. The Bertz CT molecular complexity index is 539. The van der Waals surface area contributed by atoms with E-state index in [1.807, 2.05) is 11.8 Å². The molecule has 152 valence electrons. The van der Waals surface area contributed by atoms with Crippen molar-refractivity contribution in [3.05, 3.63) is 0 Å². The maximum Gasteiger partial charge on any atom is 0.215 e. The highest BCUT2D eigenvalue weighted by Gasteiger charge is 2.24. The highest BCUT2D eigenvalue weighted by Crippen LogP contribution is 2.13. The van der Waals surface area contributed by atoms with Crippen molar-refractivity contribution in [2.24, 2.45) is 10.9 Å². The van der Waals surface area contributed by atoms with Crippen molar-refractivity contribution in [1.29, 1.82) is 0 Å². The molecule has 2 rings (SSSR count). The Morgan fingerprint density at radius 3 is 2.42 bits per heavy atom. The number of piperidine rings is 1. The van der Waals surface area contributed by atoms with Crippen LogP contribution >= 0.6 is 11.8 Å². The minimum absolute atomic E-state index is 0.116. The van der Waals surface area contributed by atoms with Gasteiger partial charge < -0.3 is 15.5 Å². The first-order valence-electron chi connectivity index (χ1n) is 9.66. The van der Waals surface area contributed by atoms with E-state index in [2.05, 4.69) is 34.4 Å². The fourth-order valence-electron chi connectivity index (χ4n) is 3.42. The second-order valence-corrected chi connectivity index (χ2v) is 10.8. The molecule has 0 radical (unpaired) electrons. The fourth-order valence-corrected chi connectivity index (χ4v) is 5.91. The van der Waals surface area contributed by atoms with Gasteiger partial charge in [-0.15, -0.1) is 0 Å². The minimum atomic E-state index is -3.17. The lowest BCUT2D eigenvalue weighted by Gasteiger charge is -2.34. The van der Waals surface area contributed by atoms with E-state index in [1.165, 1.54) is 0 Å². The van der Waals surface area contributed by atoms with Crippen molar-refractivity contribution in [3.63, 3.8) is 0 Å². The van der Waals surface area contributed by atoms with Crippen LogP contribution in [0.2, 0.25) is 0 Å². The second kappa shape index (κ2) is 10.7. The third kappa shape index (κ3) is 7.25. The zero-order valence-corrected chi connectivity index (χ0v) is 18.0. The van der Waals surface area contributed by atoms with Crippen molar-refractivity contribution in [2.75, 3.05) is 63.6 Å². The normalized spacial score (nSPS) is 21.9. The van der Waals surface area contributed by atoms with Gasteiger partial charge in [0.25, 0.3) is 0 Å². The topological polar surface area (TPSA) is 77.0 Å². The lowest BCUT2D eigenvalue weighted by atomic mass is 10.0. The van der Waals surface area contributed by atoms with Crippen LogP contribution in [0.3, 0.4) is 0 Å². The van der Waals surface area contributed by atoms with Crippen molar-refractivity contribution in [3.8, 4) is 0 Å². The number of hydrogen-bond donors (Lipinski definition) is 2. The van der Waals surface area contributed by atoms with Crippen LogP contribution in [0.15, 0.2) is 4.99 Å². The number of guanidine groups is 1. The van der Waals surface area contributed by atoms with Crippen LogP contribution in [0.25, 0.3) is 0 Å². The van der Waals surface area contributed by atoms with Crippen LogP contribution in [-0.2, 0) is 10.0 Å². The van der Waals surface area contributed by atoms with Crippen LogP contribution in [-0.4, -0.2) is 93.2 Å². The molecular weight excluding hydrogens is 370 g/mol. The predicted molar refractivity (Wildman–Crippen MR) is 111 cm³/mol. The molecule has 0 aromatic heterocycles. The average Bonchev–Trinajstić information content (AvgIpc) is 2.62. The summed E-state index contributed by atoms with van der Waals surface area (Å²) >= 11 is 1.82. The predicted octanol–water partition coefficient (Wildman–Crippen LogP) is 0.650. The lowest BCUT2D eigenvalue weighted by Crippen LogP contribution is -2.50. The Morgan fingerprint density at radius 1 is 1.19 bits per heavy atom. The summed E-state index contributed by atoms with van der Waals surface area (Å²) in [7, 11) is -1.44. The molecule has 0 aliphatic carbocycles. The minimum Gasteiger partial charge on any atom is -0.355 e. The number of nitrogens with one attached hydrogen (secondary N) is 2. The van der Waals surface area contributed by atoms with Crippen molar-refractivity contribution in [2.45, 2.75) is 32.7 Å². The maximum atomic E-state index is 12.4. The summed E-state index contributed by atoms with van der Waals surface area (Å²) in [6, 6.07) is 0.403. The molecule has 0 amide bonds. The monoisotopic (exact) mass is 405 g/mol. The van der Waals surface area contributed by atoms with Gasteiger partial charge in [-0.05, 0) is 18.8 Å². The zero-order valence-electron chi connectivity index (χ0n) is 16.4. The third-order valence-corrected chi connectivity index (χ3v) is 7.61. The molecule has 2 saturated heterocycles. The molecule has 2 heterocycles. The lowest BCUT2D eigenvalue weighted by molar-refractivity contribution is 0.187. The Labute approximate surface area is 163 Å². The Hall–Kier alpha value is -0.510. The molecule has 0 spiro atoms. The van der Waals surface area contributed by atoms with Gasteiger partial charge in [-0.3, -0.25) is 4.99 Å². The average molecular weight is 406 g/mol. The van der Waals surface area contributed by atoms with E-state index in [4.69, 9.17) is 0 Å². The van der Waals surface area contributed by atoms with Gasteiger partial charge in [-0.25, -0.2) is 12.7 Å². The van der Waals surface area contributed by atoms with Gasteiger partial charge in [0, 0.05) is 63.9 Å². The number of rotatable bonds is 7. The molecule has 0 atom stereocenters. The van der Waals surface area contributed by atoms with Crippen LogP contribution in [0, 0.1) is 5.92 Å². The molecule has 2 aliphatic heterocycles. The van der Waals surface area contributed by atoms with Crippen LogP contribution in [0.4, 0.5) is 0 Å². The second-order valence-electron chi connectivity index (χ2n) is 7.44. The van der Waals surface area contributed by atoms with Crippen LogP contribution in [0.1, 0.15) is 26.7 Å². The van der Waals surface area contributed by atoms with E-state index in [-0.39, 0.29) is 5.75 Å². The van der Waals surface area contributed by atoms with Gasteiger partial charge in [-0.1, -0.05) is 13.8 Å². The summed E-state index contributed by atoms with van der Waals surface area (Å²) in [6.07, 6.45) is 2.19. The highest BCUT2D eigenvalue weighted by molar-refractivity contribution is 7.99. The summed E-state index contributed by atoms with van der Waals surface area (Å²) in [6.45, 7) is 9.54. The summed E-state index contributed by atoms with van der Waals surface area (Å²) in [5.41, 5.74) is 0. The van der Waals surface area contributed by atoms with E-state index in [0.717, 1.165) is 44.0 Å². The van der Waals surface area contributed by atoms with Crippen LogP contribution < -0.4 is 10.6 Å². The molecule has 0 bridgehead atoms. The zero-order chi connectivity index (χ0) is 19.0. The van der Waals surface area contributed by atoms with E-state index >= 15 is 0 Å². The summed E-state index contributed by atoms with van der Waals surface area (Å²) in [5.74, 6) is 3.31. The number of likely N-dealkylation sites (tertiary alicyclic amines) is 1. The summed E-state index contributed by atoms with van der Waals surface area (Å²) in [5, 5.41) is 6.62. The molecule has 0 aromatic carbocycles. The Kier molecular flexibility index (Phi) is 8.99. The van der Waals surface area contributed by atoms with Gasteiger partial charge in [-0.2, -0.15) is 11.8 Å². The first-order chi connectivity index (χ1) is 12.4. The first-order valence-corrected chi connectivity index (χ1v) is 12.4. The fraction of sp³-hybridized carbons (Fsp3) is 0.941. The molecule has 26 heavy (non-hydrogen) atoms. The SMILES string of the molecule is CN=C(NCCS(=O)(=O)N1CCSCC1)NC1CCN(CC(C)C)CC1. The van der Waals surface area contributed by atoms with Crippen molar-refractivity contribution in [1.82, 2.24) is 19.8 Å². The molecule has 7 nitrogen and oxygen atoms in total. The molecule has 2 fully saturated rings. The van der Waals surface area contributed by atoms with Crippen molar-refractivity contribution < 1.29 is 8.42 Å². The van der Waals surface area contributed by atoms with Gasteiger partial charge in [0.1, 0.15) is 0 Å². The van der Waals surface area contributed by atoms with Gasteiger partial charge in [0.05, 0.1) is 5.75 Å². The molecule has 0 aromatic rings. The third-order valence-electron chi connectivity index (χ3n) is 4.79.